The number of anilines is 2. The van der Waals surface area contributed by atoms with Crippen molar-refractivity contribution in [3.8, 4) is 0 Å². The molecule has 0 aliphatic heterocycles. The molecule has 0 unspecified atom stereocenters. The molecule has 106 valence electrons. The van der Waals surface area contributed by atoms with E-state index in [-0.39, 0.29) is 11.9 Å². The van der Waals surface area contributed by atoms with E-state index in [0.29, 0.717) is 21.4 Å². The van der Waals surface area contributed by atoms with E-state index in [1.807, 2.05) is 18.2 Å². The highest BCUT2D eigenvalue weighted by atomic mass is 35.5. The molecule has 0 saturated carbocycles. The summed E-state index contributed by atoms with van der Waals surface area (Å²) in [7, 11) is 0. The maximum absolute atomic E-state index is 12.2. The van der Waals surface area contributed by atoms with E-state index in [4.69, 9.17) is 17.3 Å². The fourth-order valence-corrected chi connectivity index (χ4v) is 3.10. The van der Waals surface area contributed by atoms with E-state index in [9.17, 15) is 4.79 Å². The average Bonchev–Trinajstić information content (AvgIpc) is 2.80. The van der Waals surface area contributed by atoms with Crippen molar-refractivity contribution in [3.63, 3.8) is 0 Å². The molecule has 1 amide bonds. The second-order valence-electron chi connectivity index (χ2n) is 4.52. The quantitative estimate of drug-likeness (QED) is 0.560. The minimum absolute atomic E-state index is 0.196. The van der Waals surface area contributed by atoms with Crippen LogP contribution in [0, 0.1) is 6.92 Å². The Hall–Kier alpha value is -2.18. The second kappa shape index (κ2) is 5.31. The van der Waals surface area contributed by atoms with Gasteiger partial charge in [0.05, 0.1) is 4.88 Å². The van der Waals surface area contributed by atoms with Gasteiger partial charge in [-0.05, 0) is 42.6 Å². The highest BCUT2D eigenvalue weighted by Gasteiger charge is 2.12. The number of amides is 1. The third-order valence-electron chi connectivity index (χ3n) is 2.81. The van der Waals surface area contributed by atoms with Gasteiger partial charge in [-0.2, -0.15) is 0 Å². The third-order valence-corrected chi connectivity index (χ3v) is 4.12. The Labute approximate surface area is 129 Å². The number of hydrogen-bond donors (Lipinski definition) is 2. The largest absolute Gasteiger partial charge is 0.399 e. The van der Waals surface area contributed by atoms with Crippen LogP contribution in [0.25, 0.3) is 10.1 Å². The number of hydrogen-bond acceptors (Lipinski definition) is 5. The van der Waals surface area contributed by atoms with Crippen LogP contribution in [-0.4, -0.2) is 15.9 Å². The molecule has 3 aromatic rings. The maximum atomic E-state index is 12.2. The summed E-state index contributed by atoms with van der Waals surface area (Å²) >= 11 is 7.23. The first kappa shape index (κ1) is 13.8. The molecular weight excluding hydrogens is 308 g/mol. The molecule has 2 heterocycles. The molecule has 0 atom stereocenters. The number of halogens is 1. The van der Waals surface area contributed by atoms with Gasteiger partial charge in [-0.15, -0.1) is 11.3 Å². The second-order valence-corrected chi connectivity index (χ2v) is 5.99. The van der Waals surface area contributed by atoms with Gasteiger partial charge in [0.2, 0.25) is 5.95 Å². The number of benzene rings is 1. The lowest BCUT2D eigenvalue weighted by Crippen LogP contribution is -2.13. The number of aryl methyl sites for hydroxylation is 1. The molecule has 21 heavy (non-hydrogen) atoms. The molecule has 0 saturated heterocycles. The standard InChI is InChI=1S/C14H11ClN4OS/c1-7-4-12(15)18-14(17-7)19-13(20)11-6-8-5-9(16)2-3-10(8)21-11/h2-6H,16H2,1H3,(H,17,18,19,20). The van der Waals surface area contributed by atoms with Crippen LogP contribution >= 0.6 is 22.9 Å². The Balaban J connectivity index is 1.89. The third kappa shape index (κ3) is 2.96. The summed E-state index contributed by atoms with van der Waals surface area (Å²) in [5.74, 6) is -0.0709. The van der Waals surface area contributed by atoms with Gasteiger partial charge in [0.25, 0.3) is 5.91 Å². The molecule has 2 aromatic heterocycles. The Morgan fingerprint density at radius 2 is 2.10 bits per heavy atom. The van der Waals surface area contributed by atoms with E-state index in [2.05, 4.69) is 15.3 Å². The first-order valence-electron chi connectivity index (χ1n) is 6.13. The summed E-state index contributed by atoms with van der Waals surface area (Å²) in [6.07, 6.45) is 0. The number of nitrogens with zero attached hydrogens (tertiary/aromatic N) is 2. The van der Waals surface area contributed by atoms with E-state index in [1.54, 1.807) is 19.1 Å². The van der Waals surface area contributed by atoms with Crippen molar-refractivity contribution in [2.75, 3.05) is 11.1 Å². The first-order chi connectivity index (χ1) is 10.0. The van der Waals surface area contributed by atoms with Crippen molar-refractivity contribution < 1.29 is 4.79 Å². The summed E-state index contributed by atoms with van der Waals surface area (Å²) in [6, 6.07) is 8.96. The van der Waals surface area contributed by atoms with Gasteiger partial charge in [-0.25, -0.2) is 9.97 Å². The highest BCUT2D eigenvalue weighted by molar-refractivity contribution is 7.20. The molecule has 0 radical (unpaired) electrons. The van der Waals surface area contributed by atoms with Gasteiger partial charge in [0, 0.05) is 16.1 Å². The van der Waals surface area contributed by atoms with Crippen LogP contribution in [0.2, 0.25) is 5.15 Å². The van der Waals surface area contributed by atoms with Gasteiger partial charge < -0.3 is 5.73 Å². The predicted molar refractivity (Wildman–Crippen MR) is 86.0 cm³/mol. The molecule has 3 N–H and O–H groups in total. The number of thiophene rings is 1. The zero-order chi connectivity index (χ0) is 15.0. The van der Waals surface area contributed by atoms with E-state index < -0.39 is 0 Å². The fourth-order valence-electron chi connectivity index (χ4n) is 1.92. The Bertz CT molecular complexity index is 826. The molecule has 0 bridgehead atoms. The van der Waals surface area contributed by atoms with Gasteiger partial charge in [-0.3, -0.25) is 10.1 Å². The van der Waals surface area contributed by atoms with Crippen molar-refractivity contribution in [3.05, 3.63) is 46.1 Å². The molecule has 1 aromatic carbocycles. The molecule has 5 nitrogen and oxygen atoms in total. The van der Waals surface area contributed by atoms with Crippen LogP contribution in [-0.2, 0) is 0 Å². The van der Waals surface area contributed by atoms with Gasteiger partial charge in [0.15, 0.2) is 0 Å². The van der Waals surface area contributed by atoms with Crippen LogP contribution in [0.4, 0.5) is 11.6 Å². The zero-order valence-corrected chi connectivity index (χ0v) is 12.6. The topological polar surface area (TPSA) is 80.9 Å². The van der Waals surface area contributed by atoms with Gasteiger partial charge in [0.1, 0.15) is 5.15 Å². The minimum atomic E-state index is -0.267. The lowest BCUT2D eigenvalue weighted by atomic mass is 10.2. The smallest absolute Gasteiger partial charge is 0.268 e. The minimum Gasteiger partial charge on any atom is -0.399 e. The first-order valence-corrected chi connectivity index (χ1v) is 7.32. The molecule has 0 spiro atoms. The molecule has 0 aliphatic carbocycles. The predicted octanol–water partition coefficient (Wildman–Crippen LogP) is 3.49. The number of fused-ring (bicyclic) bond motifs is 1. The number of carbonyl (C=O) groups is 1. The highest BCUT2D eigenvalue weighted by Crippen LogP contribution is 2.27. The van der Waals surface area contributed by atoms with Gasteiger partial charge >= 0.3 is 0 Å². The lowest BCUT2D eigenvalue weighted by molar-refractivity contribution is 0.102. The van der Waals surface area contributed by atoms with Crippen LogP contribution < -0.4 is 11.1 Å². The van der Waals surface area contributed by atoms with E-state index in [0.717, 1.165) is 10.1 Å². The maximum Gasteiger partial charge on any atom is 0.268 e. The summed E-state index contributed by atoms with van der Waals surface area (Å²) in [5, 5.41) is 3.88. The average molecular weight is 319 g/mol. The van der Waals surface area contributed by atoms with Crippen molar-refractivity contribution >= 4 is 50.6 Å². The molecule has 0 fully saturated rings. The van der Waals surface area contributed by atoms with Gasteiger partial charge in [-0.1, -0.05) is 11.6 Å². The molecule has 3 rings (SSSR count). The summed E-state index contributed by atoms with van der Waals surface area (Å²) in [5.41, 5.74) is 7.09. The van der Waals surface area contributed by atoms with Crippen LogP contribution in [0.15, 0.2) is 30.3 Å². The lowest BCUT2D eigenvalue weighted by Gasteiger charge is -2.03. The summed E-state index contributed by atoms with van der Waals surface area (Å²) in [6.45, 7) is 1.78. The number of aromatic nitrogens is 2. The van der Waals surface area contributed by atoms with Crippen LogP contribution in [0.3, 0.4) is 0 Å². The van der Waals surface area contributed by atoms with E-state index >= 15 is 0 Å². The van der Waals surface area contributed by atoms with E-state index in [1.165, 1.54) is 11.3 Å². The van der Waals surface area contributed by atoms with Crippen LogP contribution in [0.1, 0.15) is 15.4 Å². The Kier molecular flexibility index (Phi) is 3.48. The molecule has 0 aliphatic rings. The summed E-state index contributed by atoms with van der Waals surface area (Å²) < 4.78 is 0.998. The number of nitrogen functional groups attached to an aromatic ring is 1. The molecular formula is C14H11ClN4OS. The number of nitrogens with one attached hydrogen (secondary N) is 1. The van der Waals surface area contributed by atoms with Crippen molar-refractivity contribution in [1.29, 1.82) is 0 Å². The zero-order valence-electron chi connectivity index (χ0n) is 11.1. The number of nitrogens with two attached hydrogens (primary N) is 1. The van der Waals surface area contributed by atoms with Crippen LogP contribution in [0.5, 0.6) is 0 Å². The normalized spacial score (nSPS) is 10.8. The van der Waals surface area contributed by atoms with Crippen molar-refractivity contribution in [2.24, 2.45) is 0 Å². The number of rotatable bonds is 2. The van der Waals surface area contributed by atoms with Crippen molar-refractivity contribution in [1.82, 2.24) is 9.97 Å². The van der Waals surface area contributed by atoms with Crippen molar-refractivity contribution in [2.45, 2.75) is 6.92 Å². The fraction of sp³-hybridized carbons (Fsp3) is 0.0714. The molecule has 7 heteroatoms. The number of carbonyl (C=O) groups excluding carboxylic acids is 1. The Morgan fingerprint density at radius 1 is 1.29 bits per heavy atom. The monoisotopic (exact) mass is 318 g/mol. The SMILES string of the molecule is Cc1cc(Cl)nc(NC(=O)c2cc3cc(N)ccc3s2)n1. The summed E-state index contributed by atoms with van der Waals surface area (Å²) in [4.78, 5) is 20.9. The Morgan fingerprint density at radius 3 is 2.86 bits per heavy atom.